The van der Waals surface area contributed by atoms with Crippen molar-refractivity contribution in [3.8, 4) is 22.4 Å². The van der Waals surface area contributed by atoms with Gasteiger partial charge in [-0.3, -0.25) is 14.3 Å². The first-order chi connectivity index (χ1) is 16.8. The lowest BCUT2D eigenvalue weighted by Crippen LogP contribution is -2.34. The molecule has 9 heteroatoms. The molecule has 1 atom stereocenters. The van der Waals surface area contributed by atoms with E-state index >= 15 is 0 Å². The standard InChI is InChI=1S/C26H27N7O2/c1-14-9-18(10-19-13-32(26(35)22(14)19)15(2)17-5-6-17)21-7-8-33-25(29-21)23(20-11-27-31(4)12-20)24(30-33)28-16(3)34/h7-12,15,17H,5-6,13H2,1-4H3,(H,28,30,34)/t15-/m0/s1. The first-order valence-corrected chi connectivity index (χ1v) is 11.9. The van der Waals surface area contributed by atoms with E-state index in [-0.39, 0.29) is 17.9 Å². The number of hydrogen-bond donors (Lipinski definition) is 1. The van der Waals surface area contributed by atoms with Crippen LogP contribution in [0.25, 0.3) is 28.0 Å². The Morgan fingerprint density at radius 1 is 1.20 bits per heavy atom. The van der Waals surface area contributed by atoms with Crippen LogP contribution in [0.2, 0.25) is 0 Å². The minimum absolute atomic E-state index is 0.140. The molecule has 35 heavy (non-hydrogen) atoms. The fourth-order valence-corrected chi connectivity index (χ4v) is 5.16. The Hall–Kier alpha value is -4.01. The predicted molar refractivity (Wildman–Crippen MR) is 132 cm³/mol. The quantitative estimate of drug-likeness (QED) is 0.479. The molecule has 3 aromatic heterocycles. The summed E-state index contributed by atoms with van der Waals surface area (Å²) in [5, 5.41) is 11.6. The number of nitrogens with zero attached hydrogens (tertiary/aromatic N) is 6. The van der Waals surface area contributed by atoms with E-state index in [1.165, 1.54) is 19.8 Å². The molecule has 4 aromatic rings. The largest absolute Gasteiger partial charge is 0.331 e. The maximum atomic E-state index is 13.2. The molecule has 1 saturated carbocycles. The zero-order chi connectivity index (χ0) is 24.4. The average Bonchev–Trinajstić information content (AvgIpc) is 3.36. The summed E-state index contributed by atoms with van der Waals surface area (Å²) in [6, 6.07) is 6.31. The van der Waals surface area contributed by atoms with Gasteiger partial charge in [-0.05, 0) is 61.9 Å². The number of carbonyl (C=O) groups is 2. The van der Waals surface area contributed by atoms with E-state index in [2.05, 4.69) is 28.5 Å². The highest BCUT2D eigenvalue weighted by molar-refractivity contribution is 6.01. The van der Waals surface area contributed by atoms with Crippen LogP contribution in [0.5, 0.6) is 0 Å². The monoisotopic (exact) mass is 469 g/mol. The Morgan fingerprint density at radius 2 is 2.00 bits per heavy atom. The molecule has 1 aliphatic carbocycles. The Kier molecular flexibility index (Phi) is 4.77. The van der Waals surface area contributed by atoms with Gasteiger partial charge in [0.15, 0.2) is 11.5 Å². The highest BCUT2D eigenvalue weighted by Gasteiger charge is 2.39. The molecule has 1 fully saturated rings. The molecule has 1 N–H and O–H groups in total. The van der Waals surface area contributed by atoms with Gasteiger partial charge in [0.1, 0.15) is 0 Å². The maximum Gasteiger partial charge on any atom is 0.255 e. The number of amides is 2. The maximum absolute atomic E-state index is 13.2. The molecular formula is C26H27N7O2. The third-order valence-electron chi connectivity index (χ3n) is 7.10. The van der Waals surface area contributed by atoms with Gasteiger partial charge in [-0.15, -0.1) is 5.10 Å². The van der Waals surface area contributed by atoms with Crippen molar-refractivity contribution in [3.05, 3.63) is 53.5 Å². The van der Waals surface area contributed by atoms with Crippen molar-refractivity contribution >= 4 is 23.3 Å². The van der Waals surface area contributed by atoms with Crippen molar-refractivity contribution in [2.45, 2.75) is 46.2 Å². The van der Waals surface area contributed by atoms with Crippen LogP contribution in [-0.2, 0) is 18.4 Å². The molecule has 0 saturated heterocycles. The van der Waals surface area contributed by atoms with Crippen LogP contribution in [0.3, 0.4) is 0 Å². The number of nitrogens with one attached hydrogen (secondary N) is 1. The fourth-order valence-electron chi connectivity index (χ4n) is 5.16. The lowest BCUT2D eigenvalue weighted by Gasteiger charge is -2.24. The molecule has 0 spiro atoms. The summed E-state index contributed by atoms with van der Waals surface area (Å²) in [5.74, 6) is 1.00. The van der Waals surface area contributed by atoms with Crippen LogP contribution >= 0.6 is 0 Å². The zero-order valence-electron chi connectivity index (χ0n) is 20.2. The number of hydrogen-bond acceptors (Lipinski definition) is 5. The molecule has 6 rings (SSSR count). The van der Waals surface area contributed by atoms with Gasteiger partial charge in [0, 0.05) is 55.6 Å². The SMILES string of the molecule is CC(=O)Nc1nn2ccc(-c3cc(C)c4c(c3)CN([C@@H](C)C3CC3)C4=O)nc2c1-c1cnn(C)c1. The summed E-state index contributed by atoms with van der Waals surface area (Å²) in [6.45, 7) is 6.26. The van der Waals surface area contributed by atoms with Crippen LogP contribution in [0.15, 0.2) is 36.8 Å². The molecule has 9 nitrogen and oxygen atoms in total. The topological polar surface area (TPSA) is 97.4 Å². The molecular weight excluding hydrogens is 442 g/mol. The van der Waals surface area contributed by atoms with E-state index in [4.69, 9.17) is 4.98 Å². The molecule has 4 heterocycles. The number of benzene rings is 1. The summed E-state index contributed by atoms with van der Waals surface area (Å²) < 4.78 is 3.37. The van der Waals surface area contributed by atoms with Crippen molar-refractivity contribution in [1.82, 2.24) is 29.3 Å². The lowest BCUT2D eigenvalue weighted by atomic mass is 9.98. The van der Waals surface area contributed by atoms with Gasteiger partial charge in [0.05, 0.1) is 17.5 Å². The van der Waals surface area contributed by atoms with Crippen LogP contribution in [-0.4, -0.2) is 47.1 Å². The van der Waals surface area contributed by atoms with E-state index in [0.29, 0.717) is 29.5 Å². The summed E-state index contributed by atoms with van der Waals surface area (Å²) in [5.41, 5.74) is 6.74. The second-order valence-electron chi connectivity index (χ2n) is 9.73. The van der Waals surface area contributed by atoms with E-state index in [1.54, 1.807) is 15.4 Å². The molecule has 2 aliphatic rings. The van der Waals surface area contributed by atoms with Gasteiger partial charge in [-0.2, -0.15) is 5.10 Å². The van der Waals surface area contributed by atoms with Gasteiger partial charge in [0.2, 0.25) is 5.91 Å². The summed E-state index contributed by atoms with van der Waals surface area (Å²) in [7, 11) is 1.84. The molecule has 2 amide bonds. The molecule has 1 aromatic carbocycles. The van der Waals surface area contributed by atoms with Crippen molar-refractivity contribution in [2.24, 2.45) is 13.0 Å². The third-order valence-corrected chi connectivity index (χ3v) is 7.10. The summed E-state index contributed by atoms with van der Waals surface area (Å²) in [6.07, 6.45) is 7.87. The smallest absolute Gasteiger partial charge is 0.255 e. The van der Waals surface area contributed by atoms with Crippen LogP contribution < -0.4 is 5.32 Å². The Balaban J connectivity index is 1.44. The molecule has 0 unspecified atom stereocenters. The molecule has 0 bridgehead atoms. The van der Waals surface area contributed by atoms with E-state index in [0.717, 1.165) is 33.5 Å². The number of aromatic nitrogens is 5. The number of fused-ring (bicyclic) bond motifs is 2. The minimum Gasteiger partial charge on any atom is -0.331 e. The predicted octanol–water partition coefficient (Wildman–Crippen LogP) is 3.82. The van der Waals surface area contributed by atoms with Crippen molar-refractivity contribution in [2.75, 3.05) is 5.32 Å². The van der Waals surface area contributed by atoms with Crippen LogP contribution in [0.1, 0.15) is 48.2 Å². The Morgan fingerprint density at radius 3 is 2.69 bits per heavy atom. The first kappa shape index (κ1) is 21.5. The van der Waals surface area contributed by atoms with Crippen molar-refractivity contribution in [3.63, 3.8) is 0 Å². The average molecular weight is 470 g/mol. The molecule has 0 radical (unpaired) electrons. The Labute approximate surface area is 202 Å². The second-order valence-corrected chi connectivity index (χ2v) is 9.73. The van der Waals surface area contributed by atoms with Crippen LogP contribution in [0.4, 0.5) is 5.82 Å². The number of carbonyl (C=O) groups excluding carboxylic acids is 2. The normalized spacial score (nSPS) is 16.1. The lowest BCUT2D eigenvalue weighted by molar-refractivity contribution is -0.114. The highest BCUT2D eigenvalue weighted by Crippen LogP contribution is 2.40. The van der Waals surface area contributed by atoms with Gasteiger partial charge >= 0.3 is 0 Å². The van der Waals surface area contributed by atoms with Gasteiger partial charge < -0.3 is 10.2 Å². The van der Waals surface area contributed by atoms with E-state index in [9.17, 15) is 9.59 Å². The molecule has 178 valence electrons. The third kappa shape index (κ3) is 3.58. The fraction of sp³-hybridized carbons (Fsp3) is 0.346. The summed E-state index contributed by atoms with van der Waals surface area (Å²) >= 11 is 0. The van der Waals surface area contributed by atoms with Crippen molar-refractivity contribution in [1.29, 1.82) is 0 Å². The first-order valence-electron chi connectivity index (χ1n) is 11.9. The van der Waals surface area contributed by atoms with Gasteiger partial charge in [0.25, 0.3) is 5.91 Å². The van der Waals surface area contributed by atoms with Crippen LogP contribution in [0, 0.1) is 12.8 Å². The zero-order valence-corrected chi connectivity index (χ0v) is 20.2. The second kappa shape index (κ2) is 7.76. The number of anilines is 1. The van der Waals surface area contributed by atoms with Crippen molar-refractivity contribution < 1.29 is 9.59 Å². The number of aryl methyl sites for hydroxylation is 2. The van der Waals surface area contributed by atoms with Gasteiger partial charge in [-0.1, -0.05) is 0 Å². The Bertz CT molecular complexity index is 1510. The van der Waals surface area contributed by atoms with E-state index < -0.39 is 0 Å². The van der Waals surface area contributed by atoms with E-state index in [1.807, 2.05) is 43.4 Å². The molecule has 1 aliphatic heterocycles. The highest BCUT2D eigenvalue weighted by atomic mass is 16.2. The van der Waals surface area contributed by atoms with Gasteiger partial charge in [-0.25, -0.2) is 9.50 Å². The number of rotatable bonds is 5. The summed E-state index contributed by atoms with van der Waals surface area (Å²) in [4.78, 5) is 32.0. The minimum atomic E-state index is -0.206.